The Morgan fingerprint density at radius 2 is 1.94 bits per heavy atom. The van der Waals surface area contributed by atoms with E-state index in [2.05, 4.69) is 19.2 Å². The first-order chi connectivity index (χ1) is 7.96. The first kappa shape index (κ1) is 14.5. The first-order valence-electron chi connectivity index (χ1n) is 7.03. The van der Waals surface area contributed by atoms with Gasteiger partial charge in [-0.15, -0.1) is 0 Å². The highest BCUT2D eigenvalue weighted by atomic mass is 16.2. The third-order valence-corrected chi connectivity index (χ3v) is 4.33. The van der Waals surface area contributed by atoms with Gasteiger partial charge in [-0.3, -0.25) is 4.79 Å². The number of rotatable bonds is 6. The van der Waals surface area contributed by atoms with E-state index in [1.807, 2.05) is 6.92 Å². The summed E-state index contributed by atoms with van der Waals surface area (Å²) in [5, 5.41) is 3.08. The predicted octanol–water partition coefficient (Wildman–Crippen LogP) is 2.59. The summed E-state index contributed by atoms with van der Waals surface area (Å²) in [7, 11) is 0. The molecule has 3 heteroatoms. The molecule has 1 rings (SSSR count). The van der Waals surface area contributed by atoms with Crippen LogP contribution in [0.2, 0.25) is 0 Å². The van der Waals surface area contributed by atoms with Crippen molar-refractivity contribution in [1.82, 2.24) is 5.32 Å². The molecule has 0 spiro atoms. The number of amides is 1. The second kappa shape index (κ2) is 5.85. The summed E-state index contributed by atoms with van der Waals surface area (Å²) >= 11 is 0. The summed E-state index contributed by atoms with van der Waals surface area (Å²) in [4.78, 5) is 12.0. The fraction of sp³-hybridized carbons (Fsp3) is 0.929. The van der Waals surface area contributed by atoms with Crippen molar-refractivity contribution in [2.45, 2.75) is 71.3 Å². The number of nitrogens with one attached hydrogen (secondary N) is 1. The van der Waals surface area contributed by atoms with Gasteiger partial charge in [0.2, 0.25) is 5.91 Å². The normalized spacial score (nSPS) is 22.1. The summed E-state index contributed by atoms with van der Waals surface area (Å²) in [5.41, 5.74) is 5.67. The standard InChI is InChI=1S/C14H28N2O/c1-4-8-13(3,15)12(17)16-11-14(5-2)9-6-7-10-14/h4-11,15H2,1-3H3,(H,16,17). The molecule has 0 heterocycles. The van der Waals surface area contributed by atoms with Crippen LogP contribution in [0.1, 0.15) is 65.7 Å². The molecule has 1 atom stereocenters. The predicted molar refractivity (Wildman–Crippen MR) is 71.7 cm³/mol. The van der Waals surface area contributed by atoms with Crippen LogP contribution in [0.5, 0.6) is 0 Å². The molecule has 1 saturated carbocycles. The molecule has 0 aromatic heterocycles. The minimum atomic E-state index is -0.706. The Hall–Kier alpha value is -0.570. The van der Waals surface area contributed by atoms with E-state index in [9.17, 15) is 4.79 Å². The van der Waals surface area contributed by atoms with Crippen molar-refractivity contribution >= 4 is 5.91 Å². The zero-order valence-electron chi connectivity index (χ0n) is 11.6. The summed E-state index contributed by atoms with van der Waals surface area (Å²) in [6, 6.07) is 0. The Kier molecular flexibility index (Phi) is 4.99. The van der Waals surface area contributed by atoms with E-state index in [0.717, 1.165) is 25.8 Å². The first-order valence-corrected chi connectivity index (χ1v) is 7.03. The third kappa shape index (κ3) is 3.70. The smallest absolute Gasteiger partial charge is 0.239 e. The lowest BCUT2D eigenvalue weighted by atomic mass is 9.83. The highest BCUT2D eigenvalue weighted by Gasteiger charge is 2.34. The molecule has 0 bridgehead atoms. The van der Waals surface area contributed by atoms with Crippen molar-refractivity contribution in [3.63, 3.8) is 0 Å². The maximum Gasteiger partial charge on any atom is 0.239 e. The summed E-state index contributed by atoms with van der Waals surface area (Å²) in [5.74, 6) is 0.0130. The Bertz CT molecular complexity index is 255. The minimum Gasteiger partial charge on any atom is -0.354 e. The van der Waals surface area contributed by atoms with Gasteiger partial charge < -0.3 is 11.1 Å². The number of nitrogens with two attached hydrogens (primary N) is 1. The topological polar surface area (TPSA) is 55.1 Å². The van der Waals surface area contributed by atoms with Crippen LogP contribution in [-0.4, -0.2) is 18.0 Å². The van der Waals surface area contributed by atoms with Gasteiger partial charge in [-0.25, -0.2) is 0 Å². The van der Waals surface area contributed by atoms with E-state index in [1.165, 1.54) is 25.7 Å². The molecule has 1 amide bonds. The Morgan fingerprint density at radius 1 is 1.35 bits per heavy atom. The van der Waals surface area contributed by atoms with Crippen LogP contribution in [0, 0.1) is 5.41 Å². The van der Waals surface area contributed by atoms with Crippen molar-refractivity contribution in [1.29, 1.82) is 0 Å². The SMILES string of the molecule is CCCC(C)(N)C(=O)NCC1(CC)CCCC1. The van der Waals surface area contributed by atoms with Crippen LogP contribution >= 0.6 is 0 Å². The van der Waals surface area contributed by atoms with Gasteiger partial charge in [0.1, 0.15) is 0 Å². The van der Waals surface area contributed by atoms with Crippen LogP contribution in [0.25, 0.3) is 0 Å². The Balaban J connectivity index is 2.46. The average Bonchev–Trinajstić information content (AvgIpc) is 2.75. The van der Waals surface area contributed by atoms with Crippen molar-refractivity contribution in [3.05, 3.63) is 0 Å². The van der Waals surface area contributed by atoms with Gasteiger partial charge in [0.25, 0.3) is 0 Å². The fourth-order valence-electron chi connectivity index (χ4n) is 2.88. The lowest BCUT2D eigenvalue weighted by Crippen LogP contribution is -2.53. The Labute approximate surface area is 106 Å². The quantitative estimate of drug-likeness (QED) is 0.750. The second-order valence-corrected chi connectivity index (χ2v) is 5.91. The van der Waals surface area contributed by atoms with Gasteiger partial charge in [0.15, 0.2) is 0 Å². The van der Waals surface area contributed by atoms with Gasteiger partial charge in [0.05, 0.1) is 5.54 Å². The number of hydrogen-bond acceptors (Lipinski definition) is 2. The summed E-state index contributed by atoms with van der Waals surface area (Å²) in [6.07, 6.45) is 7.95. The van der Waals surface area contributed by atoms with Crippen molar-refractivity contribution in [2.24, 2.45) is 11.1 Å². The highest BCUT2D eigenvalue weighted by molar-refractivity contribution is 5.85. The maximum absolute atomic E-state index is 12.0. The largest absolute Gasteiger partial charge is 0.354 e. The van der Waals surface area contributed by atoms with Crippen LogP contribution in [0.15, 0.2) is 0 Å². The van der Waals surface area contributed by atoms with E-state index in [4.69, 9.17) is 5.73 Å². The molecule has 100 valence electrons. The molecule has 0 radical (unpaired) electrons. The van der Waals surface area contributed by atoms with E-state index in [0.29, 0.717) is 5.41 Å². The van der Waals surface area contributed by atoms with E-state index >= 15 is 0 Å². The molecule has 0 aromatic carbocycles. The lowest BCUT2D eigenvalue weighted by Gasteiger charge is -2.30. The molecule has 1 aliphatic carbocycles. The third-order valence-electron chi connectivity index (χ3n) is 4.33. The molecule has 1 aliphatic rings. The van der Waals surface area contributed by atoms with Gasteiger partial charge in [-0.1, -0.05) is 33.1 Å². The van der Waals surface area contributed by atoms with Crippen LogP contribution < -0.4 is 11.1 Å². The molecular weight excluding hydrogens is 212 g/mol. The fourth-order valence-corrected chi connectivity index (χ4v) is 2.88. The zero-order chi connectivity index (χ0) is 12.9. The van der Waals surface area contributed by atoms with E-state index in [-0.39, 0.29) is 5.91 Å². The number of carbonyl (C=O) groups excluding carboxylic acids is 1. The number of hydrogen-bond donors (Lipinski definition) is 2. The highest BCUT2D eigenvalue weighted by Crippen LogP contribution is 2.40. The molecule has 17 heavy (non-hydrogen) atoms. The van der Waals surface area contributed by atoms with E-state index in [1.54, 1.807) is 0 Å². The lowest BCUT2D eigenvalue weighted by molar-refractivity contribution is -0.126. The van der Waals surface area contributed by atoms with Crippen LogP contribution in [0.4, 0.5) is 0 Å². The average molecular weight is 240 g/mol. The molecule has 3 nitrogen and oxygen atoms in total. The second-order valence-electron chi connectivity index (χ2n) is 5.91. The van der Waals surface area contributed by atoms with Gasteiger partial charge in [0, 0.05) is 6.54 Å². The number of carbonyl (C=O) groups is 1. The van der Waals surface area contributed by atoms with Crippen molar-refractivity contribution < 1.29 is 4.79 Å². The van der Waals surface area contributed by atoms with Gasteiger partial charge >= 0.3 is 0 Å². The summed E-state index contributed by atoms with van der Waals surface area (Å²) < 4.78 is 0. The molecule has 0 saturated heterocycles. The zero-order valence-corrected chi connectivity index (χ0v) is 11.6. The van der Waals surface area contributed by atoms with Gasteiger partial charge in [-0.05, 0) is 38.0 Å². The van der Waals surface area contributed by atoms with Crippen LogP contribution in [-0.2, 0) is 4.79 Å². The van der Waals surface area contributed by atoms with Crippen LogP contribution in [0.3, 0.4) is 0 Å². The molecule has 0 aliphatic heterocycles. The molecular formula is C14H28N2O. The molecule has 0 aromatic rings. The maximum atomic E-state index is 12.0. The molecule has 1 fully saturated rings. The van der Waals surface area contributed by atoms with Gasteiger partial charge in [-0.2, -0.15) is 0 Å². The van der Waals surface area contributed by atoms with Crippen molar-refractivity contribution in [2.75, 3.05) is 6.54 Å². The minimum absolute atomic E-state index is 0.0130. The summed E-state index contributed by atoms with van der Waals surface area (Å²) in [6.45, 7) is 6.92. The Morgan fingerprint density at radius 3 is 2.41 bits per heavy atom. The van der Waals surface area contributed by atoms with Crippen molar-refractivity contribution in [3.8, 4) is 0 Å². The van der Waals surface area contributed by atoms with E-state index < -0.39 is 5.54 Å². The monoisotopic (exact) mass is 240 g/mol. The molecule has 1 unspecified atom stereocenters. The molecule has 3 N–H and O–H groups in total.